The molecule has 0 unspecified atom stereocenters. The zero-order valence-corrected chi connectivity index (χ0v) is 18.8. The van der Waals surface area contributed by atoms with Gasteiger partial charge in [0, 0.05) is 19.5 Å². The Hall–Kier alpha value is -3.62. The quantitative estimate of drug-likeness (QED) is 0.0464. The Morgan fingerprint density at radius 2 is 1.30 bits per heavy atom. The first-order valence-corrected chi connectivity index (χ1v) is 10.3. The number of methoxy groups -OCH3 is 1. The van der Waals surface area contributed by atoms with E-state index in [2.05, 4.69) is 20.6 Å². The first kappa shape index (κ1) is 29.4. The van der Waals surface area contributed by atoms with Crippen molar-refractivity contribution in [3.8, 4) is 0 Å². The predicted octanol–water partition coefficient (Wildman–Crippen LogP) is -4.17. The molecule has 0 aromatic heterocycles. The molecule has 0 spiro atoms. The average molecular weight is 473 g/mol. The van der Waals surface area contributed by atoms with Gasteiger partial charge in [-0.2, -0.15) is 0 Å². The summed E-state index contributed by atoms with van der Waals surface area (Å²) < 4.78 is 4.71. The number of ether oxygens (including phenoxy) is 1. The Balaban J connectivity index is 5.12. The van der Waals surface area contributed by atoms with Crippen LogP contribution < -0.4 is 45.0 Å². The van der Waals surface area contributed by atoms with Gasteiger partial charge >= 0.3 is 5.97 Å². The van der Waals surface area contributed by atoms with Crippen molar-refractivity contribution < 1.29 is 23.9 Å². The number of carbonyl (C=O) groups excluding carboxylic acids is 4. The zero-order valence-electron chi connectivity index (χ0n) is 18.8. The molecule has 15 nitrogen and oxygen atoms in total. The van der Waals surface area contributed by atoms with Crippen LogP contribution >= 0.6 is 0 Å². The normalized spacial score (nSPS) is 13.0. The molecular weight excluding hydrogens is 436 g/mol. The minimum atomic E-state index is -1.15. The Morgan fingerprint density at radius 3 is 1.79 bits per heavy atom. The largest absolute Gasteiger partial charge is 0.467 e. The number of guanidine groups is 2. The molecule has 0 aromatic rings. The highest BCUT2D eigenvalue weighted by molar-refractivity contribution is 5.92. The summed E-state index contributed by atoms with van der Waals surface area (Å²) in [6.07, 6.45) is 0.973. The van der Waals surface area contributed by atoms with E-state index in [0.29, 0.717) is 12.8 Å². The summed E-state index contributed by atoms with van der Waals surface area (Å²) in [7, 11) is 1.17. The van der Waals surface area contributed by atoms with Gasteiger partial charge in [-0.1, -0.05) is 0 Å². The molecule has 0 saturated heterocycles. The fourth-order valence-electron chi connectivity index (χ4n) is 2.65. The molecule has 0 aliphatic heterocycles. The Kier molecular flexibility index (Phi) is 14.3. The van der Waals surface area contributed by atoms with Gasteiger partial charge in [0.25, 0.3) is 0 Å². The number of aliphatic imine (C=N–C) groups is 2. The van der Waals surface area contributed by atoms with Gasteiger partial charge in [0.05, 0.1) is 13.2 Å². The van der Waals surface area contributed by atoms with Crippen LogP contribution in [0.15, 0.2) is 9.98 Å². The maximum atomic E-state index is 12.8. The van der Waals surface area contributed by atoms with Crippen molar-refractivity contribution in [1.29, 1.82) is 0 Å². The lowest BCUT2D eigenvalue weighted by Gasteiger charge is -2.23. The second-order valence-electron chi connectivity index (χ2n) is 7.15. The van der Waals surface area contributed by atoms with Gasteiger partial charge in [-0.15, -0.1) is 0 Å². The van der Waals surface area contributed by atoms with Crippen LogP contribution in [0.3, 0.4) is 0 Å². The van der Waals surface area contributed by atoms with Crippen LogP contribution in [0.2, 0.25) is 0 Å². The molecule has 0 aromatic carbocycles. The third kappa shape index (κ3) is 14.1. The Morgan fingerprint density at radius 1 is 0.788 bits per heavy atom. The number of carbonyl (C=O) groups is 4. The predicted molar refractivity (Wildman–Crippen MR) is 122 cm³/mol. The van der Waals surface area contributed by atoms with Crippen molar-refractivity contribution in [3.05, 3.63) is 0 Å². The monoisotopic (exact) mass is 472 g/mol. The molecule has 15 heteroatoms. The van der Waals surface area contributed by atoms with E-state index in [-0.39, 0.29) is 50.7 Å². The van der Waals surface area contributed by atoms with E-state index in [1.807, 2.05) is 0 Å². The molecule has 0 rings (SSSR count). The van der Waals surface area contributed by atoms with Crippen molar-refractivity contribution >= 4 is 35.6 Å². The summed E-state index contributed by atoms with van der Waals surface area (Å²) in [4.78, 5) is 56.1. The third-order valence-electron chi connectivity index (χ3n) is 4.36. The lowest BCUT2D eigenvalue weighted by molar-refractivity contribution is -0.145. The van der Waals surface area contributed by atoms with Gasteiger partial charge in [0.2, 0.25) is 17.7 Å². The fourth-order valence-corrected chi connectivity index (χ4v) is 2.65. The fraction of sp³-hybridized carbons (Fsp3) is 0.667. The maximum absolute atomic E-state index is 12.8. The summed E-state index contributed by atoms with van der Waals surface area (Å²) in [5.74, 6) is -2.84. The number of nitrogens with one attached hydrogen (secondary N) is 2. The van der Waals surface area contributed by atoms with Crippen LogP contribution in [0, 0.1) is 0 Å². The first-order valence-electron chi connectivity index (χ1n) is 10.3. The third-order valence-corrected chi connectivity index (χ3v) is 4.36. The van der Waals surface area contributed by atoms with Crippen LogP contribution in [0.25, 0.3) is 0 Å². The van der Waals surface area contributed by atoms with Crippen molar-refractivity contribution in [3.63, 3.8) is 0 Å². The van der Waals surface area contributed by atoms with E-state index in [9.17, 15) is 19.2 Å². The van der Waals surface area contributed by atoms with Crippen LogP contribution in [0.1, 0.15) is 38.5 Å². The summed E-state index contributed by atoms with van der Waals surface area (Å²) >= 11 is 0. The minimum Gasteiger partial charge on any atom is -0.467 e. The van der Waals surface area contributed by atoms with E-state index < -0.39 is 41.8 Å². The highest BCUT2D eigenvalue weighted by Gasteiger charge is 2.28. The molecule has 0 bridgehead atoms. The first-order chi connectivity index (χ1) is 15.5. The average Bonchev–Trinajstić information content (AvgIpc) is 2.74. The molecule has 3 atom stereocenters. The highest BCUT2D eigenvalue weighted by Crippen LogP contribution is 2.05. The van der Waals surface area contributed by atoms with Crippen LogP contribution in [0.5, 0.6) is 0 Å². The standard InChI is InChI=1S/C18H36N10O5/c1-33-16(32)12(5-3-9-26-18(23)24)28-15(31)11(6-7-13(20)29)27-14(30)10(19)4-2-8-25-17(21)22/h10-12H,2-9,19H2,1H3,(H2,20,29)(H,27,30)(H,28,31)(H4,21,22,25)(H4,23,24,26)/t10-,11-,12-/m0/s1. The molecule has 3 amide bonds. The Labute approximate surface area is 192 Å². The summed E-state index contributed by atoms with van der Waals surface area (Å²) in [5, 5.41) is 5.00. The molecule has 33 heavy (non-hydrogen) atoms. The van der Waals surface area contributed by atoms with Gasteiger partial charge < -0.3 is 49.8 Å². The van der Waals surface area contributed by atoms with E-state index in [0.717, 1.165) is 0 Å². The lowest BCUT2D eigenvalue weighted by Crippen LogP contribution is -2.54. The lowest BCUT2D eigenvalue weighted by atomic mass is 10.1. The van der Waals surface area contributed by atoms with Crippen molar-refractivity contribution in [2.75, 3.05) is 20.2 Å². The van der Waals surface area contributed by atoms with Crippen LogP contribution in [0.4, 0.5) is 0 Å². The second-order valence-corrected chi connectivity index (χ2v) is 7.15. The van der Waals surface area contributed by atoms with Gasteiger partial charge in [-0.25, -0.2) is 4.79 Å². The molecule has 0 aliphatic rings. The minimum absolute atomic E-state index is 0.0744. The van der Waals surface area contributed by atoms with Gasteiger partial charge in [0.1, 0.15) is 12.1 Å². The van der Waals surface area contributed by atoms with E-state index >= 15 is 0 Å². The molecule has 0 radical (unpaired) electrons. The van der Waals surface area contributed by atoms with Gasteiger partial charge in [-0.3, -0.25) is 24.4 Å². The molecule has 0 saturated carbocycles. The molecule has 0 heterocycles. The number of amides is 3. The Bertz CT molecular complexity index is 719. The zero-order chi connectivity index (χ0) is 25.4. The van der Waals surface area contributed by atoms with Crippen molar-refractivity contribution in [2.45, 2.75) is 56.7 Å². The molecule has 0 fully saturated rings. The number of hydrogen-bond donors (Lipinski definition) is 8. The molecule has 14 N–H and O–H groups in total. The highest BCUT2D eigenvalue weighted by atomic mass is 16.5. The molecule has 188 valence electrons. The topological polar surface area (TPSA) is 282 Å². The number of primary amides is 1. The van der Waals surface area contributed by atoms with Gasteiger partial charge in [0.15, 0.2) is 11.9 Å². The van der Waals surface area contributed by atoms with E-state index in [1.165, 1.54) is 7.11 Å². The summed E-state index contributed by atoms with van der Waals surface area (Å²) in [6.45, 7) is 0.526. The molecule has 0 aliphatic carbocycles. The number of nitrogens with two attached hydrogens (primary N) is 6. The smallest absolute Gasteiger partial charge is 0.328 e. The van der Waals surface area contributed by atoms with E-state index in [1.54, 1.807) is 0 Å². The number of nitrogens with zero attached hydrogens (tertiary/aromatic N) is 2. The maximum Gasteiger partial charge on any atom is 0.328 e. The van der Waals surface area contributed by atoms with Crippen LogP contribution in [-0.4, -0.2) is 73.9 Å². The van der Waals surface area contributed by atoms with Gasteiger partial charge in [-0.05, 0) is 32.1 Å². The summed E-state index contributed by atoms with van der Waals surface area (Å²) in [6, 6.07) is -3.12. The number of rotatable bonds is 16. The van der Waals surface area contributed by atoms with Crippen LogP contribution in [-0.2, 0) is 23.9 Å². The van der Waals surface area contributed by atoms with E-state index in [4.69, 9.17) is 39.1 Å². The van der Waals surface area contributed by atoms with Crippen molar-refractivity contribution in [2.24, 2.45) is 44.4 Å². The van der Waals surface area contributed by atoms with Crippen molar-refractivity contribution in [1.82, 2.24) is 10.6 Å². The SMILES string of the molecule is COC(=O)[C@H](CCCN=C(N)N)NC(=O)[C@H](CCC(N)=O)NC(=O)[C@@H](N)CCCN=C(N)N. The summed E-state index contributed by atoms with van der Waals surface area (Å²) in [5.41, 5.74) is 32.0. The number of esters is 1. The number of hydrogen-bond acceptors (Lipinski definition) is 8. The second kappa shape index (κ2) is 16.1. The molecular formula is C18H36N10O5.